The SMILES string of the molecule is CCOc1ccc(CCCNS(=O)(=O)c2ccc3c(c2)sc(=O)n3Cc2ccccc2)cc1. The fourth-order valence-corrected chi connectivity index (χ4v) is 5.74. The highest BCUT2D eigenvalue weighted by Gasteiger charge is 2.16. The van der Waals surface area contributed by atoms with Crippen LogP contribution in [0.1, 0.15) is 24.5 Å². The fraction of sp³-hybridized carbons (Fsp3) is 0.240. The highest BCUT2D eigenvalue weighted by Crippen LogP contribution is 2.22. The average Bonchev–Trinajstić information content (AvgIpc) is 3.13. The molecule has 0 unspecified atom stereocenters. The minimum atomic E-state index is -3.66. The summed E-state index contributed by atoms with van der Waals surface area (Å²) < 4.78 is 36.0. The monoisotopic (exact) mass is 482 g/mol. The van der Waals surface area contributed by atoms with Crippen molar-refractivity contribution in [3.05, 3.63) is 93.6 Å². The molecule has 0 spiro atoms. The Bertz CT molecular complexity index is 1380. The molecule has 0 fully saturated rings. The summed E-state index contributed by atoms with van der Waals surface area (Å²) in [7, 11) is -3.66. The minimum absolute atomic E-state index is 0.105. The van der Waals surface area contributed by atoms with E-state index in [9.17, 15) is 13.2 Å². The van der Waals surface area contributed by atoms with Gasteiger partial charge in [-0.25, -0.2) is 13.1 Å². The lowest BCUT2D eigenvalue weighted by Gasteiger charge is -2.08. The Kier molecular flexibility index (Phi) is 7.27. The maximum absolute atomic E-state index is 12.8. The molecule has 0 saturated carbocycles. The van der Waals surface area contributed by atoms with Crippen molar-refractivity contribution in [2.24, 2.45) is 0 Å². The lowest BCUT2D eigenvalue weighted by Crippen LogP contribution is -2.25. The molecular formula is C25H26N2O4S2. The lowest BCUT2D eigenvalue weighted by atomic mass is 10.1. The van der Waals surface area contributed by atoms with E-state index in [2.05, 4.69) is 4.72 Å². The first-order valence-corrected chi connectivity index (χ1v) is 13.1. The molecule has 8 heteroatoms. The van der Waals surface area contributed by atoms with E-state index >= 15 is 0 Å². The second kappa shape index (κ2) is 10.3. The van der Waals surface area contributed by atoms with Gasteiger partial charge in [0.15, 0.2) is 0 Å². The van der Waals surface area contributed by atoms with E-state index in [-0.39, 0.29) is 9.77 Å². The molecule has 0 aliphatic rings. The van der Waals surface area contributed by atoms with Crippen molar-refractivity contribution in [3.8, 4) is 5.75 Å². The third kappa shape index (κ3) is 5.71. The average molecular weight is 483 g/mol. The van der Waals surface area contributed by atoms with Crippen molar-refractivity contribution >= 4 is 31.6 Å². The number of aromatic nitrogens is 1. The van der Waals surface area contributed by atoms with E-state index in [1.807, 2.05) is 61.5 Å². The predicted molar refractivity (Wildman–Crippen MR) is 133 cm³/mol. The number of ether oxygens (including phenoxy) is 1. The zero-order chi connectivity index (χ0) is 23.3. The summed E-state index contributed by atoms with van der Waals surface area (Å²) in [4.78, 5) is 12.6. The van der Waals surface area contributed by atoms with Crippen molar-refractivity contribution in [2.45, 2.75) is 31.2 Å². The van der Waals surface area contributed by atoms with E-state index < -0.39 is 10.0 Å². The van der Waals surface area contributed by atoms with Gasteiger partial charge in [-0.05, 0) is 61.2 Å². The maximum Gasteiger partial charge on any atom is 0.308 e. The van der Waals surface area contributed by atoms with Gasteiger partial charge in [0.25, 0.3) is 0 Å². The quantitative estimate of drug-likeness (QED) is 0.340. The Labute approximate surface area is 197 Å². The summed E-state index contributed by atoms with van der Waals surface area (Å²) in [6.07, 6.45) is 1.44. The third-order valence-electron chi connectivity index (χ3n) is 5.30. The molecule has 33 heavy (non-hydrogen) atoms. The highest BCUT2D eigenvalue weighted by atomic mass is 32.2. The molecular weight excluding hydrogens is 456 g/mol. The molecule has 0 aliphatic carbocycles. The van der Waals surface area contributed by atoms with Gasteiger partial charge in [-0.15, -0.1) is 0 Å². The second-order valence-corrected chi connectivity index (χ2v) is 10.4. The Morgan fingerprint density at radius 1 is 0.970 bits per heavy atom. The normalized spacial score (nSPS) is 11.7. The van der Waals surface area contributed by atoms with Crippen LogP contribution >= 0.6 is 11.3 Å². The van der Waals surface area contributed by atoms with Gasteiger partial charge >= 0.3 is 4.87 Å². The summed E-state index contributed by atoms with van der Waals surface area (Å²) in [6.45, 7) is 3.36. The second-order valence-electron chi connectivity index (χ2n) is 7.65. The summed E-state index contributed by atoms with van der Waals surface area (Å²) in [5.41, 5.74) is 2.89. The summed E-state index contributed by atoms with van der Waals surface area (Å²) in [5, 5.41) is 0. The summed E-state index contributed by atoms with van der Waals surface area (Å²) in [5.74, 6) is 0.831. The zero-order valence-electron chi connectivity index (χ0n) is 18.4. The standard InChI is InChI=1S/C25H26N2O4S2/c1-2-31-21-12-10-19(11-13-21)9-6-16-26-33(29,30)22-14-15-23-24(17-22)32-25(28)27(23)18-20-7-4-3-5-8-20/h3-5,7-8,10-15,17,26H,2,6,9,16,18H2,1H3. The van der Waals surface area contributed by atoms with Crippen LogP contribution in [-0.4, -0.2) is 26.1 Å². The molecule has 0 bridgehead atoms. The number of fused-ring (bicyclic) bond motifs is 1. The first kappa shape index (κ1) is 23.2. The number of aryl methyl sites for hydroxylation is 1. The molecule has 3 aromatic carbocycles. The first-order chi connectivity index (χ1) is 16.0. The van der Waals surface area contributed by atoms with Crippen molar-refractivity contribution in [3.63, 3.8) is 0 Å². The minimum Gasteiger partial charge on any atom is -0.494 e. The molecule has 1 N–H and O–H groups in total. The van der Waals surface area contributed by atoms with Crippen LogP contribution < -0.4 is 14.3 Å². The van der Waals surface area contributed by atoms with Crippen LogP contribution in [0.3, 0.4) is 0 Å². The van der Waals surface area contributed by atoms with Gasteiger partial charge in [-0.1, -0.05) is 53.8 Å². The summed E-state index contributed by atoms with van der Waals surface area (Å²) in [6, 6.07) is 22.4. The third-order valence-corrected chi connectivity index (χ3v) is 7.70. The number of hydrogen-bond donors (Lipinski definition) is 1. The van der Waals surface area contributed by atoms with Crippen molar-refractivity contribution in [1.29, 1.82) is 0 Å². The smallest absolute Gasteiger partial charge is 0.308 e. The van der Waals surface area contributed by atoms with Gasteiger partial charge in [0.05, 0.1) is 28.3 Å². The maximum atomic E-state index is 12.8. The number of thiazole rings is 1. The van der Waals surface area contributed by atoms with Gasteiger partial charge in [-0.2, -0.15) is 0 Å². The van der Waals surface area contributed by atoms with Gasteiger partial charge in [0.1, 0.15) is 5.75 Å². The van der Waals surface area contributed by atoms with Crippen LogP contribution in [0.5, 0.6) is 5.75 Å². The van der Waals surface area contributed by atoms with Crippen molar-refractivity contribution in [1.82, 2.24) is 9.29 Å². The van der Waals surface area contributed by atoms with Gasteiger partial charge in [0.2, 0.25) is 10.0 Å². The number of nitrogens with zero attached hydrogens (tertiary/aromatic N) is 1. The molecule has 6 nitrogen and oxygen atoms in total. The van der Waals surface area contributed by atoms with E-state index in [0.29, 0.717) is 30.8 Å². The molecule has 0 atom stereocenters. The topological polar surface area (TPSA) is 77.4 Å². The first-order valence-electron chi connectivity index (χ1n) is 10.8. The molecule has 1 aromatic heterocycles. The van der Waals surface area contributed by atoms with Crippen LogP contribution in [0.2, 0.25) is 0 Å². The molecule has 0 radical (unpaired) electrons. The Morgan fingerprint density at radius 3 is 2.45 bits per heavy atom. The number of benzene rings is 3. The van der Waals surface area contributed by atoms with Crippen molar-refractivity contribution < 1.29 is 13.2 Å². The number of rotatable bonds is 10. The van der Waals surface area contributed by atoms with Crippen molar-refractivity contribution in [2.75, 3.05) is 13.2 Å². The van der Waals surface area contributed by atoms with Crippen LogP contribution in [0.4, 0.5) is 0 Å². The largest absolute Gasteiger partial charge is 0.494 e. The number of nitrogens with one attached hydrogen (secondary N) is 1. The van der Waals surface area contributed by atoms with E-state index in [1.165, 1.54) is 0 Å². The Morgan fingerprint density at radius 2 is 1.73 bits per heavy atom. The molecule has 0 aliphatic heterocycles. The Balaban J connectivity index is 1.40. The fourth-order valence-electron chi connectivity index (χ4n) is 3.63. The molecule has 0 amide bonds. The van der Waals surface area contributed by atoms with E-state index in [0.717, 1.165) is 40.2 Å². The predicted octanol–water partition coefficient (Wildman–Crippen LogP) is 4.42. The van der Waals surface area contributed by atoms with E-state index in [1.54, 1.807) is 22.8 Å². The zero-order valence-corrected chi connectivity index (χ0v) is 20.0. The van der Waals surface area contributed by atoms with Crippen LogP contribution in [-0.2, 0) is 23.0 Å². The lowest BCUT2D eigenvalue weighted by molar-refractivity contribution is 0.340. The molecule has 4 rings (SSSR count). The highest BCUT2D eigenvalue weighted by molar-refractivity contribution is 7.89. The van der Waals surface area contributed by atoms with Crippen LogP contribution in [0.15, 0.2) is 82.5 Å². The molecule has 1 heterocycles. The van der Waals surface area contributed by atoms with Gasteiger partial charge in [-0.3, -0.25) is 9.36 Å². The Hall–Kier alpha value is -2.94. The van der Waals surface area contributed by atoms with Crippen LogP contribution in [0.25, 0.3) is 10.2 Å². The van der Waals surface area contributed by atoms with Gasteiger partial charge < -0.3 is 4.74 Å². The van der Waals surface area contributed by atoms with Crippen LogP contribution in [0, 0.1) is 0 Å². The molecule has 0 saturated heterocycles. The summed E-state index contributed by atoms with van der Waals surface area (Å²) >= 11 is 1.06. The molecule has 172 valence electrons. The van der Waals surface area contributed by atoms with Gasteiger partial charge in [0, 0.05) is 6.54 Å². The number of hydrogen-bond acceptors (Lipinski definition) is 5. The number of sulfonamides is 1. The van der Waals surface area contributed by atoms with E-state index in [4.69, 9.17) is 4.74 Å². The molecule has 4 aromatic rings.